The highest BCUT2D eigenvalue weighted by Crippen LogP contribution is 2.17. The first-order valence-electron chi connectivity index (χ1n) is 5.94. The van der Waals surface area contributed by atoms with Crippen molar-refractivity contribution in [2.24, 2.45) is 11.8 Å². The van der Waals surface area contributed by atoms with Gasteiger partial charge < -0.3 is 0 Å². The Morgan fingerprint density at radius 1 is 0.944 bits per heavy atom. The first-order valence-corrected chi connectivity index (χ1v) is 5.94. The summed E-state index contributed by atoms with van der Waals surface area (Å²) in [5.41, 5.74) is 1.19. The fraction of sp³-hybridized carbons (Fsp3) is 0.400. The highest BCUT2D eigenvalue weighted by molar-refractivity contribution is 5.14. The summed E-state index contributed by atoms with van der Waals surface area (Å²) in [6.07, 6.45) is 2.70. The number of aryl methyl sites for hydroxylation is 1. The van der Waals surface area contributed by atoms with E-state index in [0.717, 1.165) is 12.8 Å². The van der Waals surface area contributed by atoms with Gasteiger partial charge in [-0.3, -0.25) is 0 Å². The van der Waals surface area contributed by atoms with Crippen LogP contribution in [-0.4, -0.2) is 0 Å². The highest BCUT2D eigenvalue weighted by atomic mass is 14.3. The van der Waals surface area contributed by atoms with Crippen LogP contribution in [0.4, 0.5) is 0 Å². The lowest BCUT2D eigenvalue weighted by molar-refractivity contribution is 0.513. The molecule has 0 N–H and O–H groups in total. The Morgan fingerprint density at radius 3 is 2.17 bits per heavy atom. The lowest BCUT2D eigenvalue weighted by Crippen LogP contribution is -2.03. The van der Waals surface area contributed by atoms with Crippen molar-refractivity contribution in [3.05, 3.63) is 35.9 Å². The van der Waals surface area contributed by atoms with Gasteiger partial charge in [0.2, 0.25) is 0 Å². The van der Waals surface area contributed by atoms with Crippen molar-refractivity contribution >= 4 is 0 Å². The van der Waals surface area contributed by atoms with Crippen molar-refractivity contribution in [1.29, 1.82) is 15.8 Å². The van der Waals surface area contributed by atoms with Crippen molar-refractivity contribution in [3.63, 3.8) is 0 Å². The molecule has 0 spiro atoms. The molecule has 0 aliphatic heterocycles. The topological polar surface area (TPSA) is 71.4 Å². The number of nitriles is 3. The van der Waals surface area contributed by atoms with E-state index in [1.54, 1.807) is 0 Å². The molecule has 0 aromatic heterocycles. The van der Waals surface area contributed by atoms with Crippen LogP contribution in [0.3, 0.4) is 0 Å². The molecule has 0 aliphatic carbocycles. The predicted octanol–water partition coefficient (Wildman–Crippen LogP) is 3.00. The van der Waals surface area contributed by atoms with Gasteiger partial charge in [-0.15, -0.1) is 0 Å². The second-order valence-electron chi connectivity index (χ2n) is 4.16. The third-order valence-electron chi connectivity index (χ3n) is 2.87. The molecular weight excluding hydrogens is 222 g/mol. The Morgan fingerprint density at radius 2 is 1.61 bits per heavy atom. The zero-order chi connectivity index (χ0) is 13.2. The molecule has 0 saturated carbocycles. The van der Waals surface area contributed by atoms with Crippen LogP contribution in [0.15, 0.2) is 24.3 Å². The van der Waals surface area contributed by atoms with E-state index in [2.05, 4.69) is 12.1 Å². The summed E-state index contributed by atoms with van der Waals surface area (Å²) in [6.45, 7) is 0. The molecule has 1 unspecified atom stereocenters. The van der Waals surface area contributed by atoms with Crippen LogP contribution in [0.5, 0.6) is 0 Å². The lowest BCUT2D eigenvalue weighted by Gasteiger charge is -2.08. The summed E-state index contributed by atoms with van der Waals surface area (Å²) in [7, 11) is 0. The molecule has 18 heavy (non-hydrogen) atoms. The molecule has 0 aliphatic rings. The minimum atomic E-state index is -0.591. The van der Waals surface area contributed by atoms with Gasteiger partial charge in [0.05, 0.1) is 18.2 Å². The van der Waals surface area contributed by atoms with E-state index in [0.29, 0.717) is 12.8 Å². The van der Waals surface area contributed by atoms with Gasteiger partial charge >= 0.3 is 0 Å². The minimum absolute atomic E-state index is 0.0848. The van der Waals surface area contributed by atoms with Crippen LogP contribution in [0.25, 0.3) is 0 Å². The SMILES string of the molecule is N#CC(C#N)CCC(C#N)CCc1cc[c]cc1. The molecule has 0 fully saturated rings. The van der Waals surface area contributed by atoms with Crippen LogP contribution < -0.4 is 0 Å². The van der Waals surface area contributed by atoms with E-state index in [-0.39, 0.29) is 5.92 Å². The largest absolute Gasteiger partial charge is 0.198 e. The maximum absolute atomic E-state index is 9.04. The van der Waals surface area contributed by atoms with Crippen molar-refractivity contribution in [2.75, 3.05) is 0 Å². The smallest absolute Gasteiger partial charge is 0.133 e. The highest BCUT2D eigenvalue weighted by Gasteiger charge is 2.12. The van der Waals surface area contributed by atoms with Gasteiger partial charge in [-0.25, -0.2) is 0 Å². The summed E-state index contributed by atoms with van der Waals surface area (Å²) >= 11 is 0. The van der Waals surface area contributed by atoms with Gasteiger partial charge in [0.1, 0.15) is 5.92 Å². The second-order valence-corrected chi connectivity index (χ2v) is 4.16. The Kier molecular flexibility index (Phi) is 6.02. The molecule has 1 aromatic rings. The summed E-state index contributed by atoms with van der Waals surface area (Å²) in [6, 6.07) is 16.8. The van der Waals surface area contributed by atoms with Crippen molar-refractivity contribution in [2.45, 2.75) is 25.7 Å². The molecule has 0 saturated heterocycles. The number of nitrogens with zero attached hydrogens (tertiary/aromatic N) is 3. The van der Waals surface area contributed by atoms with Gasteiger partial charge in [0.15, 0.2) is 0 Å². The minimum Gasteiger partial charge on any atom is -0.198 e. The van der Waals surface area contributed by atoms with Crippen LogP contribution >= 0.6 is 0 Å². The number of hydrogen-bond donors (Lipinski definition) is 0. The van der Waals surface area contributed by atoms with Gasteiger partial charge in [-0.05, 0) is 37.3 Å². The Bertz CT molecular complexity index is 459. The molecule has 0 heterocycles. The monoisotopic (exact) mass is 236 g/mol. The third-order valence-corrected chi connectivity index (χ3v) is 2.87. The van der Waals surface area contributed by atoms with Gasteiger partial charge in [0, 0.05) is 5.92 Å². The Balaban J connectivity index is 2.38. The maximum atomic E-state index is 9.04. The molecule has 89 valence electrons. The molecule has 0 amide bonds. The van der Waals surface area contributed by atoms with E-state index >= 15 is 0 Å². The van der Waals surface area contributed by atoms with Crippen molar-refractivity contribution in [3.8, 4) is 18.2 Å². The van der Waals surface area contributed by atoms with Gasteiger partial charge in [0.25, 0.3) is 0 Å². The standard InChI is InChI=1S/C15H14N3/c16-10-14(8-9-15(11-17)12-18)7-6-13-4-2-1-3-5-13/h2-5,14-15H,6-9H2. The lowest BCUT2D eigenvalue weighted by atomic mass is 9.93. The van der Waals surface area contributed by atoms with E-state index in [4.69, 9.17) is 15.8 Å². The Hall–Kier alpha value is -2.31. The number of benzene rings is 1. The van der Waals surface area contributed by atoms with Gasteiger partial charge in [-0.1, -0.05) is 24.3 Å². The van der Waals surface area contributed by atoms with E-state index in [1.807, 2.05) is 36.4 Å². The maximum Gasteiger partial charge on any atom is 0.133 e. The molecule has 0 bridgehead atoms. The zero-order valence-electron chi connectivity index (χ0n) is 10.1. The summed E-state index contributed by atoms with van der Waals surface area (Å²) < 4.78 is 0. The van der Waals surface area contributed by atoms with Crippen LogP contribution in [0, 0.1) is 51.9 Å². The third kappa shape index (κ3) is 4.69. The summed E-state index contributed by atoms with van der Waals surface area (Å²) in [5.74, 6) is -0.675. The van der Waals surface area contributed by atoms with Crippen LogP contribution in [0.2, 0.25) is 0 Å². The van der Waals surface area contributed by atoms with Gasteiger partial charge in [-0.2, -0.15) is 15.8 Å². The fourth-order valence-corrected chi connectivity index (χ4v) is 1.73. The molecule has 1 rings (SSSR count). The van der Waals surface area contributed by atoms with E-state index in [1.165, 1.54) is 5.56 Å². The first kappa shape index (κ1) is 13.8. The summed E-state index contributed by atoms with van der Waals surface area (Å²) in [4.78, 5) is 0. The predicted molar refractivity (Wildman–Crippen MR) is 66.7 cm³/mol. The quantitative estimate of drug-likeness (QED) is 0.762. The zero-order valence-corrected chi connectivity index (χ0v) is 10.1. The average molecular weight is 236 g/mol. The first-order chi connectivity index (χ1) is 8.80. The summed E-state index contributed by atoms with van der Waals surface area (Å²) in [5, 5.41) is 26.4. The molecule has 1 atom stereocenters. The Labute approximate surface area is 108 Å². The van der Waals surface area contributed by atoms with Crippen LogP contribution in [-0.2, 0) is 6.42 Å². The molecular formula is C15H14N3. The van der Waals surface area contributed by atoms with Crippen molar-refractivity contribution < 1.29 is 0 Å². The van der Waals surface area contributed by atoms with Crippen molar-refractivity contribution in [1.82, 2.24) is 0 Å². The average Bonchev–Trinajstić information content (AvgIpc) is 2.44. The number of rotatable bonds is 6. The number of hydrogen-bond acceptors (Lipinski definition) is 3. The fourth-order valence-electron chi connectivity index (χ4n) is 1.73. The van der Waals surface area contributed by atoms with Crippen LogP contribution in [0.1, 0.15) is 24.8 Å². The normalized spacial score (nSPS) is 11.2. The molecule has 1 aromatic carbocycles. The molecule has 3 nitrogen and oxygen atoms in total. The van der Waals surface area contributed by atoms with E-state index in [9.17, 15) is 0 Å². The molecule has 3 heteroatoms. The second kappa shape index (κ2) is 7.88. The molecule has 1 radical (unpaired) electrons. The van der Waals surface area contributed by atoms with E-state index < -0.39 is 5.92 Å².